The summed E-state index contributed by atoms with van der Waals surface area (Å²) in [6.07, 6.45) is 2.97. The lowest BCUT2D eigenvalue weighted by Gasteiger charge is -2.27. The molecular formula is C35H31BrFN5O4. The van der Waals surface area contributed by atoms with Crippen molar-refractivity contribution in [2.24, 2.45) is 11.8 Å². The molecule has 1 N–H and O–H groups in total. The summed E-state index contributed by atoms with van der Waals surface area (Å²) in [4.78, 5) is 37.1. The number of hydrogen-bond acceptors (Lipinski definition) is 6. The number of piperidine rings is 1. The maximum Gasteiger partial charge on any atom is 0.408 e. The average molecular weight is 685 g/mol. The first kappa shape index (κ1) is 29.9. The predicted octanol–water partition coefficient (Wildman–Crippen LogP) is 6.61. The normalized spacial score (nSPS) is 18.7. The van der Waals surface area contributed by atoms with E-state index in [2.05, 4.69) is 26.2 Å². The molecule has 9 nitrogen and oxygen atoms in total. The molecule has 0 radical (unpaired) electrons. The second kappa shape index (κ2) is 11.9. The van der Waals surface area contributed by atoms with Crippen LogP contribution in [0.25, 0.3) is 16.9 Å². The molecule has 4 heterocycles. The lowest BCUT2D eigenvalue weighted by atomic mass is 9.93. The second-order valence-electron chi connectivity index (χ2n) is 12.3. The number of pyridine rings is 2. The molecule has 46 heavy (non-hydrogen) atoms. The minimum absolute atomic E-state index is 0.0247. The highest BCUT2D eigenvalue weighted by Crippen LogP contribution is 2.48. The fourth-order valence-corrected chi connectivity index (χ4v) is 6.41. The van der Waals surface area contributed by atoms with Crippen LogP contribution in [0.4, 0.5) is 9.18 Å². The Morgan fingerprint density at radius 1 is 0.978 bits per heavy atom. The number of nitrogens with one attached hydrogen (secondary N) is 1. The number of likely N-dealkylation sites (tertiary alicyclic amines) is 1. The topological polar surface area (TPSA) is 98.1 Å². The molecule has 2 aliphatic rings. The van der Waals surface area contributed by atoms with Gasteiger partial charge in [-0.2, -0.15) is 0 Å². The zero-order chi connectivity index (χ0) is 32.0. The monoisotopic (exact) mass is 683 g/mol. The number of alkyl carbamates (subject to hydrolysis) is 1. The molecule has 2 amide bonds. The van der Waals surface area contributed by atoms with Crippen LogP contribution < -0.4 is 10.1 Å². The van der Waals surface area contributed by atoms with Gasteiger partial charge in [0.15, 0.2) is 0 Å². The van der Waals surface area contributed by atoms with Gasteiger partial charge in [0.25, 0.3) is 5.91 Å². The van der Waals surface area contributed by atoms with Gasteiger partial charge in [0.1, 0.15) is 28.8 Å². The van der Waals surface area contributed by atoms with Crippen LogP contribution in [0.2, 0.25) is 0 Å². The van der Waals surface area contributed by atoms with Crippen LogP contribution >= 0.6 is 15.9 Å². The van der Waals surface area contributed by atoms with Crippen LogP contribution in [0.1, 0.15) is 35.3 Å². The van der Waals surface area contributed by atoms with Gasteiger partial charge in [0, 0.05) is 48.9 Å². The summed E-state index contributed by atoms with van der Waals surface area (Å²) in [5.74, 6) is 0.409. The zero-order valence-corrected chi connectivity index (χ0v) is 26.8. The molecule has 3 aromatic heterocycles. The number of hydrogen-bond donors (Lipinski definition) is 1. The van der Waals surface area contributed by atoms with Crippen molar-refractivity contribution in [3.8, 4) is 17.1 Å². The quantitative estimate of drug-likeness (QED) is 0.198. The Kier molecular flexibility index (Phi) is 7.72. The number of nitrogens with zero attached hydrogens (tertiary/aromatic N) is 4. The van der Waals surface area contributed by atoms with Crippen molar-refractivity contribution in [2.45, 2.75) is 32.1 Å². The van der Waals surface area contributed by atoms with Crippen LogP contribution in [0.3, 0.4) is 0 Å². The van der Waals surface area contributed by atoms with E-state index in [9.17, 15) is 14.0 Å². The minimum atomic E-state index is -0.849. The van der Waals surface area contributed by atoms with Crippen LogP contribution in [0.15, 0.2) is 95.9 Å². The number of imidazole rings is 1. The highest BCUT2D eigenvalue weighted by Gasteiger charge is 2.59. The molecule has 0 bridgehead atoms. The molecule has 234 valence electrons. The SMILES string of the molecule is CC(C)(NC(=O)OCc1ccccc1)c1cc(OC2[C@H]3CN(C(=O)c4ccc5nc(Br)cn5c4)C[C@@H]23)nc(-c2ccc(F)cc2)c1. The van der Waals surface area contributed by atoms with E-state index >= 15 is 0 Å². The Morgan fingerprint density at radius 3 is 2.46 bits per heavy atom. The van der Waals surface area contributed by atoms with Crippen LogP contribution in [-0.4, -0.2) is 50.5 Å². The highest BCUT2D eigenvalue weighted by atomic mass is 79.9. The van der Waals surface area contributed by atoms with Crippen molar-refractivity contribution >= 4 is 33.6 Å². The maximum absolute atomic E-state index is 13.7. The Hall–Kier alpha value is -4.77. The summed E-state index contributed by atoms with van der Waals surface area (Å²) in [7, 11) is 0. The van der Waals surface area contributed by atoms with Crippen molar-refractivity contribution in [1.29, 1.82) is 0 Å². The van der Waals surface area contributed by atoms with E-state index in [0.29, 0.717) is 40.4 Å². The van der Waals surface area contributed by atoms with Crippen LogP contribution in [0, 0.1) is 17.7 Å². The molecule has 7 rings (SSSR count). The number of carbonyl (C=O) groups is 2. The van der Waals surface area contributed by atoms with Gasteiger partial charge in [0.05, 0.1) is 16.8 Å². The maximum atomic E-state index is 13.7. The summed E-state index contributed by atoms with van der Waals surface area (Å²) >= 11 is 3.37. The summed E-state index contributed by atoms with van der Waals surface area (Å²) in [5.41, 5.74) is 3.45. The number of halogens is 2. The third-order valence-electron chi connectivity index (χ3n) is 8.62. The Morgan fingerprint density at radius 2 is 1.72 bits per heavy atom. The average Bonchev–Trinajstić information content (AvgIpc) is 3.33. The molecule has 1 saturated carbocycles. The van der Waals surface area contributed by atoms with Gasteiger partial charge in [-0.25, -0.2) is 19.2 Å². The first-order valence-corrected chi connectivity index (χ1v) is 15.8. The lowest BCUT2D eigenvalue weighted by Crippen LogP contribution is -2.41. The van der Waals surface area contributed by atoms with Crippen LogP contribution in [-0.2, 0) is 16.9 Å². The largest absolute Gasteiger partial charge is 0.474 e. The molecule has 1 aliphatic carbocycles. The summed E-state index contributed by atoms with van der Waals surface area (Å²) < 4.78 is 28.2. The van der Waals surface area contributed by atoms with Gasteiger partial charge in [-0.1, -0.05) is 30.3 Å². The molecule has 1 saturated heterocycles. The third kappa shape index (κ3) is 6.19. The second-order valence-corrected chi connectivity index (χ2v) is 13.1. The highest BCUT2D eigenvalue weighted by molar-refractivity contribution is 9.10. The van der Waals surface area contributed by atoms with Gasteiger partial charge in [-0.15, -0.1) is 0 Å². The number of carbonyl (C=O) groups excluding carboxylic acids is 2. The van der Waals surface area contributed by atoms with Crippen LogP contribution in [0.5, 0.6) is 5.88 Å². The molecule has 5 aromatic rings. The van der Waals surface area contributed by atoms with Gasteiger partial charge in [0.2, 0.25) is 5.88 Å². The number of aromatic nitrogens is 3. The van der Waals surface area contributed by atoms with Crippen molar-refractivity contribution < 1.29 is 23.5 Å². The number of ether oxygens (including phenoxy) is 2. The van der Waals surface area contributed by atoms with Gasteiger partial charge < -0.3 is 24.1 Å². The van der Waals surface area contributed by atoms with Crippen molar-refractivity contribution in [2.75, 3.05) is 13.1 Å². The first-order chi connectivity index (χ1) is 22.1. The molecular weight excluding hydrogens is 653 g/mol. The van der Waals surface area contributed by atoms with E-state index < -0.39 is 11.6 Å². The van der Waals surface area contributed by atoms with E-state index in [-0.39, 0.29) is 36.3 Å². The first-order valence-electron chi connectivity index (χ1n) is 15.0. The Balaban J connectivity index is 1.06. The molecule has 11 heteroatoms. The third-order valence-corrected chi connectivity index (χ3v) is 9.00. The number of rotatable bonds is 8. The molecule has 3 atom stereocenters. The van der Waals surface area contributed by atoms with E-state index in [1.54, 1.807) is 24.4 Å². The number of benzene rings is 2. The fraction of sp³-hybridized carbons (Fsp3) is 0.257. The molecule has 0 spiro atoms. The number of amides is 2. The van der Waals surface area contributed by atoms with E-state index in [1.807, 2.05) is 77.9 Å². The van der Waals surface area contributed by atoms with E-state index in [1.165, 1.54) is 12.1 Å². The Bertz CT molecular complexity index is 1920. The zero-order valence-electron chi connectivity index (χ0n) is 25.2. The smallest absolute Gasteiger partial charge is 0.408 e. The van der Waals surface area contributed by atoms with Crippen molar-refractivity contribution in [3.63, 3.8) is 0 Å². The minimum Gasteiger partial charge on any atom is -0.474 e. The number of fused-ring (bicyclic) bond motifs is 2. The van der Waals surface area contributed by atoms with Crippen molar-refractivity contribution in [1.82, 2.24) is 24.6 Å². The van der Waals surface area contributed by atoms with Gasteiger partial charge >= 0.3 is 6.09 Å². The van der Waals surface area contributed by atoms with Gasteiger partial charge in [-0.05, 0) is 83.4 Å². The summed E-state index contributed by atoms with van der Waals surface area (Å²) in [6.45, 7) is 5.07. The van der Waals surface area contributed by atoms with Gasteiger partial charge in [-0.3, -0.25) is 4.79 Å². The molecule has 1 aliphatic heterocycles. The van der Waals surface area contributed by atoms with E-state index in [4.69, 9.17) is 14.5 Å². The molecule has 2 aromatic carbocycles. The lowest BCUT2D eigenvalue weighted by molar-refractivity contribution is 0.0750. The Labute approximate surface area is 273 Å². The standard InChI is InChI=1S/C35H31BrFN5O4/c1-35(2,40-34(44)45-20-21-6-4-3-5-7-21)24-14-28(22-8-11-25(37)12-9-22)38-31(15-24)46-32-26-17-42(18-27(26)32)33(43)23-10-13-30-39-29(36)19-41(30)16-23/h3-16,19,26-27,32H,17-18,20H2,1-2H3,(H,40,44)/t26-,27+,32?. The fourth-order valence-electron chi connectivity index (χ4n) is 6.00. The molecule has 2 fully saturated rings. The van der Waals surface area contributed by atoms with E-state index in [0.717, 1.165) is 16.8 Å². The predicted molar refractivity (Wildman–Crippen MR) is 173 cm³/mol. The summed E-state index contributed by atoms with van der Waals surface area (Å²) in [5, 5.41) is 2.96. The summed E-state index contributed by atoms with van der Waals surface area (Å²) in [6, 6.07) is 22.9. The molecule has 1 unspecified atom stereocenters. The van der Waals surface area contributed by atoms with Crippen molar-refractivity contribution in [3.05, 3.63) is 118 Å².